The molecule has 1 unspecified atom stereocenters. The number of ether oxygens (including phenoxy) is 1. The van der Waals surface area contributed by atoms with E-state index >= 15 is 0 Å². The fourth-order valence-corrected chi connectivity index (χ4v) is 6.71. The van der Waals surface area contributed by atoms with Crippen LogP contribution in [0.5, 0.6) is 5.75 Å². The molecule has 4 rings (SSSR count). The quantitative estimate of drug-likeness (QED) is 0.268. The van der Waals surface area contributed by atoms with Gasteiger partial charge >= 0.3 is 12.3 Å². The summed E-state index contributed by atoms with van der Waals surface area (Å²) in [4.78, 5) is 45.1. The van der Waals surface area contributed by atoms with Gasteiger partial charge in [0.25, 0.3) is 5.91 Å². The van der Waals surface area contributed by atoms with Gasteiger partial charge in [-0.3, -0.25) is 19.4 Å². The Morgan fingerprint density at radius 1 is 1.17 bits per heavy atom. The highest BCUT2D eigenvalue weighted by molar-refractivity contribution is 6.47. The lowest BCUT2D eigenvalue weighted by atomic mass is 9.75. The van der Waals surface area contributed by atoms with Gasteiger partial charge in [0.05, 0.1) is 18.4 Å². The average molecular weight is 646 g/mol. The minimum Gasteiger partial charge on any atom is -0.481 e. The molecule has 0 radical (unpaired) electrons. The summed E-state index contributed by atoms with van der Waals surface area (Å²) in [5.41, 5.74) is 0.416. The molecule has 1 spiro atoms. The Kier molecular flexibility index (Phi) is 10.7. The average Bonchev–Trinajstić information content (AvgIpc) is 3.23. The van der Waals surface area contributed by atoms with Crippen LogP contribution in [-0.4, -0.2) is 58.1 Å². The fourth-order valence-electron chi connectivity index (χ4n) is 6.71. The number of carbonyl (C=O) groups is 3. The summed E-state index contributed by atoms with van der Waals surface area (Å²) in [5, 5.41) is 11.6. The molecule has 1 aliphatic heterocycles. The van der Waals surface area contributed by atoms with Gasteiger partial charge in [0.2, 0.25) is 5.91 Å². The molecule has 252 valence electrons. The lowest BCUT2D eigenvalue weighted by Crippen LogP contribution is -2.55. The maximum atomic E-state index is 14.5. The van der Waals surface area contributed by atoms with E-state index in [2.05, 4.69) is 44.7 Å². The first-order valence-corrected chi connectivity index (χ1v) is 16.2. The van der Waals surface area contributed by atoms with E-state index in [1.165, 1.54) is 18.2 Å². The van der Waals surface area contributed by atoms with Crippen molar-refractivity contribution >= 4 is 23.5 Å². The van der Waals surface area contributed by atoms with Gasteiger partial charge in [0, 0.05) is 12.1 Å². The van der Waals surface area contributed by atoms with Gasteiger partial charge in [0.1, 0.15) is 17.1 Å². The third-order valence-electron chi connectivity index (χ3n) is 9.27. The number of carbonyl (C=O) groups excluding carboxylic acids is 2. The van der Waals surface area contributed by atoms with Crippen molar-refractivity contribution in [3.63, 3.8) is 0 Å². The zero-order chi connectivity index (χ0) is 33.9. The molecular weight excluding hydrogens is 599 g/mol. The molecule has 2 atom stereocenters. The van der Waals surface area contributed by atoms with Crippen LogP contribution in [0.2, 0.25) is 0 Å². The number of rotatable bonds is 11. The highest BCUT2D eigenvalue weighted by atomic mass is 19.4. The molecule has 2 aliphatic carbocycles. The number of halogens is 3. The number of aliphatic carboxylic acids is 1. The summed E-state index contributed by atoms with van der Waals surface area (Å²) < 4.78 is 43.3. The number of aliphatic imine (C=N–C) groups is 1. The second-order valence-electron chi connectivity index (χ2n) is 14.2. The lowest BCUT2D eigenvalue weighted by Gasteiger charge is -2.47. The van der Waals surface area contributed by atoms with Crippen molar-refractivity contribution in [2.24, 2.45) is 28.2 Å². The van der Waals surface area contributed by atoms with Gasteiger partial charge in [-0.05, 0) is 79.9 Å². The topological polar surface area (TPSA) is 108 Å². The van der Waals surface area contributed by atoms with Gasteiger partial charge < -0.3 is 20.1 Å². The van der Waals surface area contributed by atoms with E-state index in [1.807, 2.05) is 17.1 Å². The van der Waals surface area contributed by atoms with Crippen LogP contribution in [0.3, 0.4) is 0 Å². The predicted octanol–water partition coefficient (Wildman–Crippen LogP) is 7.05. The van der Waals surface area contributed by atoms with Crippen molar-refractivity contribution in [1.29, 1.82) is 0 Å². The van der Waals surface area contributed by atoms with E-state index in [9.17, 15) is 27.6 Å². The maximum absolute atomic E-state index is 14.5. The second kappa shape index (κ2) is 14.0. The molecule has 0 saturated heterocycles. The summed E-state index contributed by atoms with van der Waals surface area (Å²) in [5.74, 6) is -1.49. The SMILES string of the molecule is CC(C)C1CCC2(CC1)N=C(c1cccc(OC(F)(F)F)c1)C(=O)N2[C@H](CCC(C)(C)C)C1=CCC(C(=O)NCCC(=O)O)C=C1. The molecule has 8 nitrogen and oxygen atoms in total. The van der Waals surface area contributed by atoms with Crippen molar-refractivity contribution in [1.82, 2.24) is 10.2 Å². The monoisotopic (exact) mass is 645 g/mol. The standard InChI is InChI=1S/C35H46F3N3O5/c1-22(2)23-13-18-34(19-14-23)40-30(26-7-6-8-27(21-26)46-35(36,37)38)32(45)41(34)28(15-17-33(3,4)5)24-9-11-25(12-10-24)31(44)39-20-16-29(42)43/h6-11,21-23,25,28H,12-20H2,1-5H3,(H,39,44)(H,42,43)/t23?,25?,28-,34?/m1/s1. The molecule has 0 aromatic heterocycles. The Balaban J connectivity index is 1.69. The van der Waals surface area contributed by atoms with Gasteiger partial charge in [-0.15, -0.1) is 13.2 Å². The first kappa shape index (κ1) is 35.2. The van der Waals surface area contributed by atoms with Gasteiger partial charge in [0.15, 0.2) is 0 Å². The largest absolute Gasteiger partial charge is 0.573 e. The molecule has 1 saturated carbocycles. The minimum atomic E-state index is -4.87. The number of carboxylic acid groups (broad SMARTS) is 1. The summed E-state index contributed by atoms with van der Waals surface area (Å²) in [6, 6.07) is 5.08. The minimum absolute atomic E-state index is 0.0397. The van der Waals surface area contributed by atoms with Gasteiger partial charge in [-0.25, -0.2) is 0 Å². The molecule has 3 aliphatic rings. The fraction of sp³-hybridized carbons (Fsp3) is 0.600. The van der Waals surface area contributed by atoms with E-state index < -0.39 is 29.7 Å². The Labute approximate surface area is 269 Å². The van der Waals surface area contributed by atoms with Gasteiger partial charge in [-0.2, -0.15) is 0 Å². The molecule has 1 heterocycles. The number of allylic oxidation sites excluding steroid dienone is 1. The highest BCUT2D eigenvalue weighted by Crippen LogP contribution is 2.47. The highest BCUT2D eigenvalue weighted by Gasteiger charge is 2.52. The molecule has 1 aromatic rings. The number of amides is 2. The molecule has 2 N–H and O–H groups in total. The number of hydrogen-bond acceptors (Lipinski definition) is 5. The van der Waals surface area contributed by atoms with Crippen LogP contribution in [0.25, 0.3) is 0 Å². The van der Waals surface area contributed by atoms with Crippen LogP contribution >= 0.6 is 0 Å². The first-order chi connectivity index (χ1) is 21.5. The normalized spacial score (nSPS) is 24.2. The number of nitrogens with zero attached hydrogens (tertiary/aromatic N) is 2. The summed E-state index contributed by atoms with van der Waals surface area (Å²) in [7, 11) is 0. The van der Waals surface area contributed by atoms with Crippen LogP contribution in [0.4, 0.5) is 13.2 Å². The molecule has 11 heteroatoms. The van der Waals surface area contributed by atoms with Crippen molar-refractivity contribution in [2.75, 3.05) is 6.54 Å². The van der Waals surface area contributed by atoms with E-state index in [4.69, 9.17) is 10.1 Å². The summed E-state index contributed by atoms with van der Waals surface area (Å²) in [6.45, 7) is 10.8. The predicted molar refractivity (Wildman–Crippen MR) is 169 cm³/mol. The van der Waals surface area contributed by atoms with Crippen molar-refractivity contribution in [3.05, 3.63) is 53.6 Å². The number of alkyl halides is 3. The van der Waals surface area contributed by atoms with Crippen molar-refractivity contribution < 1.29 is 37.4 Å². The Bertz CT molecular complexity index is 1380. The molecule has 1 fully saturated rings. The maximum Gasteiger partial charge on any atom is 0.573 e. The molecule has 1 aromatic carbocycles. The van der Waals surface area contributed by atoms with Crippen LogP contribution < -0.4 is 10.1 Å². The Morgan fingerprint density at radius 2 is 1.87 bits per heavy atom. The molecule has 46 heavy (non-hydrogen) atoms. The van der Waals surface area contributed by atoms with Gasteiger partial charge in [-0.1, -0.05) is 65.0 Å². The van der Waals surface area contributed by atoms with E-state index in [0.717, 1.165) is 24.8 Å². The van der Waals surface area contributed by atoms with E-state index in [-0.39, 0.29) is 47.5 Å². The third kappa shape index (κ3) is 8.79. The Morgan fingerprint density at radius 3 is 2.43 bits per heavy atom. The molecule has 0 bridgehead atoms. The number of benzene rings is 1. The summed E-state index contributed by atoms with van der Waals surface area (Å²) >= 11 is 0. The van der Waals surface area contributed by atoms with E-state index in [1.54, 1.807) is 12.1 Å². The smallest absolute Gasteiger partial charge is 0.481 e. The lowest BCUT2D eigenvalue weighted by molar-refractivity contribution is -0.274. The van der Waals surface area contributed by atoms with E-state index in [0.29, 0.717) is 37.5 Å². The zero-order valence-corrected chi connectivity index (χ0v) is 27.3. The van der Waals surface area contributed by atoms with Crippen LogP contribution in [-0.2, 0) is 14.4 Å². The van der Waals surface area contributed by atoms with Crippen molar-refractivity contribution in [3.8, 4) is 5.75 Å². The van der Waals surface area contributed by atoms with Crippen LogP contribution in [0.15, 0.2) is 53.1 Å². The zero-order valence-electron chi connectivity index (χ0n) is 27.3. The Hall–Kier alpha value is -3.63. The second-order valence-corrected chi connectivity index (χ2v) is 14.2. The number of carboxylic acids is 1. The number of hydrogen-bond donors (Lipinski definition) is 2. The third-order valence-corrected chi connectivity index (χ3v) is 9.27. The van der Waals surface area contributed by atoms with Crippen molar-refractivity contribution in [2.45, 2.75) is 104 Å². The first-order valence-electron chi connectivity index (χ1n) is 16.2. The number of nitrogens with one attached hydrogen (secondary N) is 1. The summed E-state index contributed by atoms with van der Waals surface area (Å²) in [6.07, 6.45) is 5.47. The molecular formula is C35H46F3N3O5. The van der Waals surface area contributed by atoms with Crippen LogP contribution in [0.1, 0.15) is 91.5 Å². The van der Waals surface area contributed by atoms with Crippen LogP contribution in [0, 0.1) is 23.2 Å². The molecule has 2 amide bonds.